The molecule has 2 aliphatic rings. The smallest absolute Gasteiger partial charge is 0.0462 e. The van der Waals surface area contributed by atoms with Crippen LogP contribution in [0.4, 0.5) is 5.69 Å². The molecule has 1 nitrogen and oxygen atoms in total. The molecule has 0 heterocycles. The van der Waals surface area contributed by atoms with E-state index < -0.39 is 0 Å². The average Bonchev–Trinajstić information content (AvgIpc) is 2.98. The van der Waals surface area contributed by atoms with Gasteiger partial charge in [-0.05, 0) is 61.4 Å². The summed E-state index contributed by atoms with van der Waals surface area (Å²) in [5.41, 5.74) is 4.84. The van der Waals surface area contributed by atoms with Gasteiger partial charge in [0.25, 0.3) is 0 Å². The first-order valence-electron chi connectivity index (χ1n) is 8.09. The van der Waals surface area contributed by atoms with Gasteiger partial charge in [0.15, 0.2) is 0 Å². The summed E-state index contributed by atoms with van der Waals surface area (Å²) in [6.45, 7) is 0. The van der Waals surface area contributed by atoms with Crippen LogP contribution in [0.2, 0.25) is 0 Å². The first-order chi connectivity index (χ1) is 12.2. The molecule has 0 aliphatic heterocycles. The third-order valence-corrected chi connectivity index (χ3v) is 5.82. The van der Waals surface area contributed by atoms with Crippen LogP contribution in [0.15, 0.2) is 98.8 Å². The molecule has 0 atom stereocenters. The first kappa shape index (κ1) is 18.7. The predicted molar refractivity (Wildman–Crippen MR) is 119 cm³/mol. The zero-order valence-corrected chi connectivity index (χ0v) is 18.4. The van der Waals surface area contributed by atoms with Crippen molar-refractivity contribution in [1.82, 2.24) is 0 Å². The number of hydrogen-bond donors (Lipinski definition) is 0. The van der Waals surface area contributed by atoms with E-state index in [4.69, 9.17) is 0 Å². The minimum absolute atomic E-state index is 0.898. The van der Waals surface area contributed by atoms with Crippen LogP contribution in [0.3, 0.4) is 0 Å². The van der Waals surface area contributed by atoms with Gasteiger partial charge in [0.05, 0.1) is 0 Å². The lowest BCUT2D eigenvalue weighted by Crippen LogP contribution is -2.19. The second-order valence-corrected chi connectivity index (χ2v) is 8.15. The zero-order valence-electron chi connectivity index (χ0n) is 13.6. The molecule has 3 rings (SSSR count). The minimum atomic E-state index is 0.898. The summed E-state index contributed by atoms with van der Waals surface area (Å²) in [4.78, 5) is 2.30. The maximum Gasteiger partial charge on any atom is 0.0462 e. The molecule has 0 amide bonds. The number of benzene rings is 1. The number of allylic oxidation sites excluding steroid dienone is 10. The summed E-state index contributed by atoms with van der Waals surface area (Å²) in [6, 6.07) is 8.44. The van der Waals surface area contributed by atoms with Crippen molar-refractivity contribution < 1.29 is 0 Å². The second-order valence-electron chi connectivity index (χ2n) is 5.76. The summed E-state index contributed by atoms with van der Waals surface area (Å²) in [6.07, 6.45) is 19.4. The van der Waals surface area contributed by atoms with Crippen LogP contribution >= 0.6 is 47.8 Å². The summed E-state index contributed by atoms with van der Waals surface area (Å²) >= 11 is 10.7. The lowest BCUT2D eigenvalue weighted by Gasteiger charge is -2.27. The van der Waals surface area contributed by atoms with E-state index in [1.165, 1.54) is 11.3 Å². The van der Waals surface area contributed by atoms with Gasteiger partial charge in [-0.15, -0.1) is 0 Å². The van der Waals surface area contributed by atoms with Crippen LogP contribution in [0, 0.1) is 0 Å². The Balaban J connectivity index is 2.05. The van der Waals surface area contributed by atoms with Gasteiger partial charge >= 0.3 is 0 Å². The van der Waals surface area contributed by atoms with Crippen LogP contribution in [0.5, 0.6) is 0 Å². The molecule has 1 aromatic carbocycles. The van der Waals surface area contributed by atoms with E-state index in [0.717, 1.165) is 38.5 Å². The molecule has 2 aliphatic carbocycles. The van der Waals surface area contributed by atoms with Crippen molar-refractivity contribution in [3.8, 4) is 0 Å². The van der Waals surface area contributed by atoms with Crippen LogP contribution in [-0.4, -0.2) is 5.33 Å². The van der Waals surface area contributed by atoms with Gasteiger partial charge in [-0.2, -0.15) is 0 Å². The highest BCUT2D eigenvalue weighted by Gasteiger charge is 2.15. The minimum Gasteiger partial charge on any atom is -0.311 e. The molecule has 0 N–H and O–H groups in total. The van der Waals surface area contributed by atoms with Crippen LogP contribution in [-0.2, 0) is 0 Å². The topological polar surface area (TPSA) is 3.24 Å². The van der Waals surface area contributed by atoms with Crippen molar-refractivity contribution in [1.29, 1.82) is 0 Å². The van der Waals surface area contributed by atoms with E-state index in [-0.39, 0.29) is 0 Å². The Bertz CT molecular complexity index is 808. The molecule has 128 valence electrons. The zero-order chi connectivity index (χ0) is 17.6. The number of halogens is 3. The van der Waals surface area contributed by atoms with Gasteiger partial charge in [-0.3, -0.25) is 0 Å². The Morgan fingerprint density at radius 1 is 0.880 bits per heavy atom. The molecule has 0 unspecified atom stereocenters. The van der Waals surface area contributed by atoms with E-state index in [1.807, 2.05) is 0 Å². The van der Waals surface area contributed by atoms with Crippen molar-refractivity contribution >= 4 is 53.5 Å². The highest BCUT2D eigenvalue weighted by molar-refractivity contribution is 9.12. The second kappa shape index (κ2) is 9.02. The van der Waals surface area contributed by atoms with Gasteiger partial charge < -0.3 is 4.90 Å². The highest BCUT2D eigenvalue weighted by Crippen LogP contribution is 2.30. The summed E-state index contributed by atoms with van der Waals surface area (Å²) < 4.78 is 2.19. The summed E-state index contributed by atoms with van der Waals surface area (Å²) in [5, 5.41) is 0.902. The molecule has 0 spiro atoms. The van der Waals surface area contributed by atoms with Crippen molar-refractivity contribution in [3.63, 3.8) is 0 Å². The Morgan fingerprint density at radius 2 is 1.68 bits per heavy atom. The number of rotatable bonds is 4. The summed E-state index contributed by atoms with van der Waals surface area (Å²) in [7, 11) is 0. The largest absolute Gasteiger partial charge is 0.311 e. The fourth-order valence-electron chi connectivity index (χ4n) is 2.70. The SMILES string of the molecule is BrCC1=CC=C(N(C2=CCC=C(Br)C=C2)c2ccc(Br)cc2)C=CC1. The molecule has 0 saturated carbocycles. The van der Waals surface area contributed by atoms with E-state index in [0.29, 0.717) is 0 Å². The molecule has 0 fully saturated rings. The maximum atomic E-state index is 3.58. The van der Waals surface area contributed by atoms with E-state index in [2.05, 4.69) is 126 Å². The molecule has 25 heavy (non-hydrogen) atoms. The van der Waals surface area contributed by atoms with Gasteiger partial charge in [0, 0.05) is 31.4 Å². The Labute approximate surface area is 174 Å². The van der Waals surface area contributed by atoms with Crippen molar-refractivity contribution in [2.75, 3.05) is 10.2 Å². The van der Waals surface area contributed by atoms with Gasteiger partial charge in [-0.1, -0.05) is 77.7 Å². The van der Waals surface area contributed by atoms with Gasteiger partial charge in [-0.25, -0.2) is 0 Å². The van der Waals surface area contributed by atoms with Crippen LogP contribution < -0.4 is 4.90 Å². The molecule has 0 saturated heterocycles. The Hall–Kier alpha value is -1.10. The molecule has 4 heteroatoms. The van der Waals surface area contributed by atoms with Crippen molar-refractivity contribution in [2.45, 2.75) is 12.8 Å². The monoisotopic (exact) mass is 521 g/mol. The highest BCUT2D eigenvalue weighted by atomic mass is 79.9. The molecule has 0 bridgehead atoms. The van der Waals surface area contributed by atoms with E-state index in [9.17, 15) is 0 Å². The van der Waals surface area contributed by atoms with E-state index >= 15 is 0 Å². The van der Waals surface area contributed by atoms with Crippen molar-refractivity contribution in [3.05, 3.63) is 98.8 Å². The number of alkyl halides is 1. The number of hydrogen-bond acceptors (Lipinski definition) is 1. The van der Waals surface area contributed by atoms with Crippen LogP contribution in [0.1, 0.15) is 12.8 Å². The molecule has 0 radical (unpaired) electrons. The first-order valence-corrected chi connectivity index (χ1v) is 10.8. The van der Waals surface area contributed by atoms with E-state index in [1.54, 1.807) is 0 Å². The quantitative estimate of drug-likeness (QED) is 0.368. The molecule has 0 aromatic heterocycles. The maximum absolute atomic E-state index is 3.58. The lowest BCUT2D eigenvalue weighted by atomic mass is 10.2. The predicted octanol–water partition coefficient (Wildman–Crippen LogP) is 7.54. The average molecular weight is 524 g/mol. The third kappa shape index (κ3) is 4.96. The van der Waals surface area contributed by atoms with Crippen molar-refractivity contribution in [2.24, 2.45) is 0 Å². The lowest BCUT2D eigenvalue weighted by molar-refractivity contribution is 1.12. The Morgan fingerprint density at radius 3 is 2.44 bits per heavy atom. The number of nitrogens with zero attached hydrogens (tertiary/aromatic N) is 1. The molecular formula is C21H18Br3N. The fourth-order valence-corrected chi connectivity index (χ4v) is 3.70. The fraction of sp³-hybridized carbons (Fsp3) is 0.143. The Kier molecular flexibility index (Phi) is 6.74. The third-order valence-electron chi connectivity index (χ3n) is 3.98. The molecule has 1 aromatic rings. The van der Waals surface area contributed by atoms with Gasteiger partial charge in [0.2, 0.25) is 0 Å². The van der Waals surface area contributed by atoms with Crippen LogP contribution in [0.25, 0.3) is 0 Å². The number of anilines is 1. The van der Waals surface area contributed by atoms with Gasteiger partial charge in [0.1, 0.15) is 0 Å². The standard InChI is InChI=1S/C21H18Br3N/c22-15-16-3-1-5-19(11-7-16)25(21-13-9-18(24)10-14-21)20-6-2-4-17(23)8-12-20/h1,4-14H,2-3,15H2. The summed E-state index contributed by atoms with van der Waals surface area (Å²) in [5.74, 6) is 0. The normalized spacial score (nSPS) is 17.1. The molecular weight excluding hydrogens is 506 g/mol.